The summed E-state index contributed by atoms with van der Waals surface area (Å²) < 4.78 is 2.07. The van der Waals surface area contributed by atoms with Crippen LogP contribution in [0.1, 0.15) is 40.2 Å². The molecule has 1 aliphatic rings. The minimum absolute atomic E-state index is 0.216. The van der Waals surface area contributed by atoms with Gasteiger partial charge in [0.1, 0.15) is 6.07 Å². The topological polar surface area (TPSA) is 45.8 Å². The number of nitriles is 1. The summed E-state index contributed by atoms with van der Waals surface area (Å²) in [7, 11) is 0. The lowest BCUT2D eigenvalue weighted by Crippen LogP contribution is -2.12. The minimum Gasteiger partial charge on any atom is -0.317 e. The number of aryl methyl sites for hydroxylation is 1. The molecule has 0 fully saturated rings. The monoisotopic (exact) mass is 284 g/mol. The lowest BCUT2D eigenvalue weighted by Gasteiger charge is -2.16. The Morgan fingerprint density at radius 1 is 1.30 bits per heavy atom. The molecule has 3 nitrogen and oxygen atoms in total. The van der Waals surface area contributed by atoms with E-state index in [0.717, 1.165) is 35.5 Å². The Balaban J connectivity index is 2.18. The SMILES string of the molecule is Cc1cc2c(n1-c1ccc(C#N)c(Cl)c1)CCCC2=O. The van der Waals surface area contributed by atoms with Crippen molar-refractivity contribution in [3.8, 4) is 11.8 Å². The highest BCUT2D eigenvalue weighted by molar-refractivity contribution is 6.31. The number of carbonyl (C=O) groups is 1. The van der Waals surface area contributed by atoms with Crippen LogP contribution in [0.4, 0.5) is 0 Å². The molecule has 0 radical (unpaired) electrons. The fraction of sp³-hybridized carbons (Fsp3) is 0.250. The fourth-order valence-corrected chi connectivity index (χ4v) is 3.04. The lowest BCUT2D eigenvalue weighted by atomic mass is 9.96. The van der Waals surface area contributed by atoms with Crippen molar-refractivity contribution in [2.24, 2.45) is 0 Å². The normalized spacial score (nSPS) is 13.9. The third-order valence-corrected chi connectivity index (χ3v) is 4.05. The molecule has 1 aliphatic carbocycles. The van der Waals surface area contributed by atoms with Crippen LogP contribution >= 0.6 is 11.6 Å². The molecule has 4 heteroatoms. The molecular weight excluding hydrogens is 272 g/mol. The van der Waals surface area contributed by atoms with Gasteiger partial charge in [-0.1, -0.05) is 11.6 Å². The molecule has 0 saturated heterocycles. The summed E-state index contributed by atoms with van der Waals surface area (Å²) in [5.41, 5.74) is 4.27. The van der Waals surface area contributed by atoms with E-state index >= 15 is 0 Å². The number of aromatic nitrogens is 1. The quantitative estimate of drug-likeness (QED) is 0.799. The van der Waals surface area contributed by atoms with Crippen LogP contribution in [0.2, 0.25) is 5.02 Å². The number of carbonyl (C=O) groups excluding carboxylic acids is 1. The van der Waals surface area contributed by atoms with E-state index in [-0.39, 0.29) is 5.78 Å². The van der Waals surface area contributed by atoms with Crippen LogP contribution in [0.15, 0.2) is 24.3 Å². The van der Waals surface area contributed by atoms with Gasteiger partial charge in [-0.05, 0) is 44.0 Å². The van der Waals surface area contributed by atoms with Crippen LogP contribution in [0.25, 0.3) is 5.69 Å². The third kappa shape index (κ3) is 1.93. The van der Waals surface area contributed by atoms with E-state index in [2.05, 4.69) is 10.6 Å². The number of benzene rings is 1. The van der Waals surface area contributed by atoms with Crippen LogP contribution in [-0.4, -0.2) is 10.4 Å². The van der Waals surface area contributed by atoms with Crippen molar-refractivity contribution in [1.29, 1.82) is 5.26 Å². The molecule has 0 N–H and O–H groups in total. The van der Waals surface area contributed by atoms with Crippen molar-refractivity contribution in [1.82, 2.24) is 4.57 Å². The molecule has 100 valence electrons. The molecule has 3 rings (SSSR count). The molecule has 0 amide bonds. The van der Waals surface area contributed by atoms with Crippen molar-refractivity contribution in [2.45, 2.75) is 26.2 Å². The Kier molecular flexibility index (Phi) is 3.11. The van der Waals surface area contributed by atoms with Gasteiger partial charge in [-0.3, -0.25) is 4.79 Å². The summed E-state index contributed by atoms with van der Waals surface area (Å²) in [6, 6.07) is 9.38. The number of nitrogens with zero attached hydrogens (tertiary/aromatic N) is 2. The van der Waals surface area contributed by atoms with Gasteiger partial charge in [0.2, 0.25) is 0 Å². The Morgan fingerprint density at radius 3 is 2.80 bits per heavy atom. The van der Waals surface area contributed by atoms with Gasteiger partial charge >= 0.3 is 0 Å². The first kappa shape index (κ1) is 13.0. The van der Waals surface area contributed by atoms with Gasteiger partial charge in [-0.15, -0.1) is 0 Å². The predicted octanol–water partition coefficient (Wildman–Crippen LogP) is 3.83. The molecule has 20 heavy (non-hydrogen) atoms. The molecule has 0 atom stereocenters. The zero-order valence-electron chi connectivity index (χ0n) is 11.1. The molecule has 2 aromatic rings. The predicted molar refractivity (Wildman–Crippen MR) is 77.5 cm³/mol. The summed E-state index contributed by atoms with van der Waals surface area (Å²) in [6.45, 7) is 1.98. The van der Waals surface area contributed by atoms with Gasteiger partial charge in [0.15, 0.2) is 5.78 Å². The molecule has 1 aromatic carbocycles. The van der Waals surface area contributed by atoms with Gasteiger partial charge in [0.05, 0.1) is 10.6 Å². The average molecular weight is 285 g/mol. The molecule has 0 saturated carbocycles. The standard InChI is InChI=1S/C16H13ClN2O/c1-10-7-13-15(3-2-4-16(13)20)19(10)12-6-5-11(9-18)14(17)8-12/h5-8H,2-4H2,1H3. The van der Waals surface area contributed by atoms with Crippen LogP contribution in [0.5, 0.6) is 0 Å². The van der Waals surface area contributed by atoms with E-state index in [1.165, 1.54) is 0 Å². The molecule has 0 bridgehead atoms. The Labute approximate surface area is 122 Å². The van der Waals surface area contributed by atoms with Crippen LogP contribution in [0, 0.1) is 18.3 Å². The Morgan fingerprint density at radius 2 is 2.10 bits per heavy atom. The minimum atomic E-state index is 0.216. The zero-order chi connectivity index (χ0) is 14.3. The van der Waals surface area contributed by atoms with Crippen LogP contribution in [-0.2, 0) is 6.42 Å². The smallest absolute Gasteiger partial charge is 0.164 e. The van der Waals surface area contributed by atoms with Gasteiger partial charge in [-0.2, -0.15) is 5.26 Å². The first-order chi connectivity index (χ1) is 9.61. The Hall–Kier alpha value is -2.05. The van der Waals surface area contributed by atoms with Crippen molar-refractivity contribution in [3.05, 3.63) is 51.8 Å². The summed E-state index contributed by atoms with van der Waals surface area (Å²) in [4.78, 5) is 12.0. The van der Waals surface area contributed by atoms with Crippen LogP contribution < -0.4 is 0 Å². The molecule has 1 heterocycles. The van der Waals surface area contributed by atoms with Gasteiger partial charge < -0.3 is 4.57 Å². The van der Waals surface area contributed by atoms with E-state index in [1.807, 2.05) is 19.1 Å². The Bertz CT molecular complexity index is 753. The van der Waals surface area contributed by atoms with Crippen molar-refractivity contribution < 1.29 is 4.79 Å². The second-order valence-corrected chi connectivity index (χ2v) is 5.44. The largest absolute Gasteiger partial charge is 0.317 e. The molecule has 1 aromatic heterocycles. The molecule has 0 spiro atoms. The first-order valence-electron chi connectivity index (χ1n) is 6.56. The van der Waals surface area contributed by atoms with E-state index in [9.17, 15) is 4.79 Å². The van der Waals surface area contributed by atoms with E-state index in [1.54, 1.807) is 12.1 Å². The maximum absolute atomic E-state index is 12.0. The third-order valence-electron chi connectivity index (χ3n) is 3.74. The summed E-state index contributed by atoms with van der Waals surface area (Å²) in [6.07, 6.45) is 2.41. The van der Waals surface area contributed by atoms with E-state index in [4.69, 9.17) is 16.9 Å². The highest BCUT2D eigenvalue weighted by Crippen LogP contribution is 2.29. The number of Topliss-reactive ketones (excluding diaryl/α,β-unsaturated/α-hetero) is 1. The van der Waals surface area contributed by atoms with Crippen molar-refractivity contribution >= 4 is 17.4 Å². The zero-order valence-corrected chi connectivity index (χ0v) is 11.9. The fourth-order valence-electron chi connectivity index (χ4n) is 2.82. The van der Waals surface area contributed by atoms with Gasteiger partial charge in [0.25, 0.3) is 0 Å². The maximum atomic E-state index is 12.0. The van der Waals surface area contributed by atoms with Gasteiger partial charge in [0, 0.05) is 29.1 Å². The first-order valence-corrected chi connectivity index (χ1v) is 6.94. The number of ketones is 1. The highest BCUT2D eigenvalue weighted by Gasteiger charge is 2.23. The average Bonchev–Trinajstić information content (AvgIpc) is 2.76. The maximum Gasteiger partial charge on any atom is 0.164 e. The molecular formula is C16H13ClN2O. The second-order valence-electron chi connectivity index (χ2n) is 5.03. The van der Waals surface area contributed by atoms with Gasteiger partial charge in [-0.25, -0.2) is 0 Å². The number of hydrogen-bond donors (Lipinski definition) is 0. The van der Waals surface area contributed by atoms with Crippen molar-refractivity contribution in [3.63, 3.8) is 0 Å². The number of rotatable bonds is 1. The number of fused-ring (bicyclic) bond motifs is 1. The van der Waals surface area contributed by atoms with E-state index < -0.39 is 0 Å². The lowest BCUT2D eigenvalue weighted by molar-refractivity contribution is 0.0972. The summed E-state index contributed by atoms with van der Waals surface area (Å²) >= 11 is 6.11. The molecule has 0 unspecified atom stereocenters. The second kappa shape index (κ2) is 4.81. The highest BCUT2D eigenvalue weighted by atomic mass is 35.5. The summed E-state index contributed by atoms with van der Waals surface area (Å²) in [5, 5.41) is 9.37. The number of halogens is 1. The summed E-state index contributed by atoms with van der Waals surface area (Å²) in [5.74, 6) is 0.216. The van der Waals surface area contributed by atoms with Crippen molar-refractivity contribution in [2.75, 3.05) is 0 Å². The number of hydrogen-bond acceptors (Lipinski definition) is 2. The van der Waals surface area contributed by atoms with Crippen LogP contribution in [0.3, 0.4) is 0 Å². The molecule has 0 aliphatic heterocycles. The van der Waals surface area contributed by atoms with E-state index in [0.29, 0.717) is 17.0 Å².